The van der Waals surface area contributed by atoms with Gasteiger partial charge in [-0.25, -0.2) is 0 Å². The Hall–Kier alpha value is 0.234. The highest BCUT2D eigenvalue weighted by Gasteiger charge is 2.31. The Labute approximate surface area is 132 Å². The lowest BCUT2D eigenvalue weighted by molar-refractivity contribution is 0.104. The molecule has 0 aliphatic heterocycles. The van der Waals surface area contributed by atoms with E-state index in [4.69, 9.17) is 22.1 Å². The lowest BCUT2D eigenvalue weighted by atomic mass is 10.1. The topological polar surface area (TPSA) is 46.2 Å². The largest absolute Gasteiger partial charge is 0.497 e. The fraction of sp³-hybridized carbons (Fsp3) is 1.00. The summed E-state index contributed by atoms with van der Waals surface area (Å²) in [4.78, 5) is 0. The molecule has 7 heteroatoms. The van der Waals surface area contributed by atoms with Crippen LogP contribution >= 0.6 is 0 Å². The van der Waals surface area contributed by atoms with E-state index in [9.17, 15) is 0 Å². The molecule has 0 aromatic rings. The van der Waals surface area contributed by atoms with Crippen molar-refractivity contribution in [2.75, 3.05) is 35.0 Å². The predicted octanol–water partition coefficient (Wildman–Crippen LogP) is 3.57. The van der Waals surface area contributed by atoms with Crippen molar-refractivity contribution in [1.29, 1.82) is 0 Å². The molecule has 0 saturated heterocycles. The molecule has 0 fully saturated rings. The second-order valence-corrected chi connectivity index (χ2v) is 11.9. The second kappa shape index (κ2) is 11.8. The zero-order chi connectivity index (χ0) is 16.2. The summed E-state index contributed by atoms with van der Waals surface area (Å²) in [5, 5.41) is 0. The van der Waals surface area contributed by atoms with E-state index in [1.54, 1.807) is 28.4 Å². The average molecular weight is 339 g/mol. The van der Waals surface area contributed by atoms with Crippen molar-refractivity contribution in [3.63, 3.8) is 0 Å². The van der Waals surface area contributed by atoms with Crippen LogP contribution in [0.1, 0.15) is 38.5 Å². The molecule has 0 saturated carbocycles. The normalized spacial score (nSPS) is 12.9. The number of rotatable bonds is 14. The molecule has 0 N–H and O–H groups in total. The van der Waals surface area contributed by atoms with Crippen LogP contribution in [0.25, 0.3) is 0 Å². The Morgan fingerprint density at radius 3 is 1.57 bits per heavy atom. The molecule has 5 nitrogen and oxygen atoms in total. The first-order valence-electron chi connectivity index (χ1n) is 7.80. The van der Waals surface area contributed by atoms with E-state index < -0.39 is 17.4 Å². The molecule has 0 heterocycles. The highest BCUT2D eigenvalue weighted by Crippen LogP contribution is 2.17. The van der Waals surface area contributed by atoms with Crippen LogP contribution in [0.3, 0.4) is 0 Å². The maximum Gasteiger partial charge on any atom is 0.497 e. The Morgan fingerprint density at radius 2 is 1.10 bits per heavy atom. The standard InChI is InChI=1S/C14H34O5Si2/c1-15-20(5,16-2)14-12-10-8-7-9-11-13-19-21(6,17-3)18-4/h7-14H2,1-6H3. The summed E-state index contributed by atoms with van der Waals surface area (Å²) in [6.07, 6.45) is 7.22. The summed E-state index contributed by atoms with van der Waals surface area (Å²) < 4.78 is 27.2. The minimum absolute atomic E-state index is 0.725. The smallest absolute Gasteiger partial charge is 0.398 e. The monoisotopic (exact) mass is 338 g/mol. The summed E-state index contributed by atoms with van der Waals surface area (Å²) >= 11 is 0. The number of hydrogen-bond acceptors (Lipinski definition) is 5. The number of unbranched alkanes of at least 4 members (excludes halogenated alkanes) is 5. The SMILES string of the molecule is CO[Si](C)(CCCCCCCCO[Si](C)(OC)OC)OC. The maximum atomic E-state index is 5.70. The lowest BCUT2D eigenvalue weighted by Gasteiger charge is -2.22. The third-order valence-electron chi connectivity index (χ3n) is 3.99. The summed E-state index contributed by atoms with van der Waals surface area (Å²) in [6, 6.07) is 1.08. The minimum Gasteiger partial charge on any atom is -0.398 e. The molecule has 0 aromatic heterocycles. The van der Waals surface area contributed by atoms with Crippen molar-refractivity contribution in [3.8, 4) is 0 Å². The first-order chi connectivity index (χ1) is 9.95. The van der Waals surface area contributed by atoms with E-state index in [-0.39, 0.29) is 0 Å². The van der Waals surface area contributed by atoms with Crippen LogP contribution in [-0.2, 0) is 22.1 Å². The molecule has 0 aliphatic rings. The highest BCUT2D eigenvalue weighted by atomic mass is 28.4. The molecule has 0 atom stereocenters. The van der Waals surface area contributed by atoms with Gasteiger partial charge < -0.3 is 22.1 Å². The predicted molar refractivity (Wildman–Crippen MR) is 89.7 cm³/mol. The van der Waals surface area contributed by atoms with Crippen LogP contribution in [-0.4, -0.2) is 52.4 Å². The van der Waals surface area contributed by atoms with Crippen molar-refractivity contribution < 1.29 is 22.1 Å². The van der Waals surface area contributed by atoms with Gasteiger partial charge in [-0.15, -0.1) is 0 Å². The van der Waals surface area contributed by atoms with E-state index in [1.807, 2.05) is 6.55 Å². The van der Waals surface area contributed by atoms with Gasteiger partial charge >= 0.3 is 17.4 Å². The fourth-order valence-electron chi connectivity index (χ4n) is 2.00. The Bertz CT molecular complexity index is 222. The van der Waals surface area contributed by atoms with Gasteiger partial charge in [0.2, 0.25) is 0 Å². The average Bonchev–Trinajstić information content (AvgIpc) is 2.52. The van der Waals surface area contributed by atoms with Gasteiger partial charge in [0.25, 0.3) is 0 Å². The summed E-state index contributed by atoms with van der Waals surface area (Å²) in [7, 11) is 2.62. The molecule has 0 bridgehead atoms. The van der Waals surface area contributed by atoms with Gasteiger partial charge in [0.05, 0.1) is 0 Å². The van der Waals surface area contributed by atoms with Crippen molar-refractivity contribution in [2.45, 2.75) is 57.7 Å². The van der Waals surface area contributed by atoms with E-state index in [1.165, 1.54) is 32.1 Å². The van der Waals surface area contributed by atoms with Crippen molar-refractivity contribution >= 4 is 17.4 Å². The molecular weight excluding hydrogens is 304 g/mol. The molecule has 0 aromatic carbocycles. The van der Waals surface area contributed by atoms with E-state index >= 15 is 0 Å². The Morgan fingerprint density at radius 1 is 0.619 bits per heavy atom. The minimum atomic E-state index is -2.33. The van der Waals surface area contributed by atoms with E-state index in [0.29, 0.717) is 0 Å². The first-order valence-corrected chi connectivity index (χ1v) is 12.5. The van der Waals surface area contributed by atoms with Gasteiger partial charge in [-0.3, -0.25) is 0 Å². The lowest BCUT2D eigenvalue weighted by Crippen LogP contribution is -2.40. The summed E-state index contributed by atoms with van der Waals surface area (Å²) in [6.45, 7) is 4.76. The van der Waals surface area contributed by atoms with Crippen LogP contribution in [0.5, 0.6) is 0 Å². The van der Waals surface area contributed by atoms with Gasteiger partial charge in [0.15, 0.2) is 0 Å². The van der Waals surface area contributed by atoms with Crippen molar-refractivity contribution in [1.82, 2.24) is 0 Å². The van der Waals surface area contributed by atoms with Crippen LogP contribution < -0.4 is 0 Å². The second-order valence-electron chi connectivity index (χ2n) is 5.53. The molecule has 128 valence electrons. The van der Waals surface area contributed by atoms with Crippen molar-refractivity contribution in [3.05, 3.63) is 0 Å². The zero-order valence-electron chi connectivity index (χ0n) is 14.7. The van der Waals surface area contributed by atoms with E-state index in [2.05, 4.69) is 6.55 Å². The van der Waals surface area contributed by atoms with Gasteiger partial charge in [-0.2, -0.15) is 0 Å². The van der Waals surface area contributed by atoms with Crippen molar-refractivity contribution in [2.24, 2.45) is 0 Å². The number of hydrogen-bond donors (Lipinski definition) is 0. The molecule has 0 aliphatic carbocycles. The molecule has 0 amide bonds. The zero-order valence-corrected chi connectivity index (χ0v) is 16.7. The maximum absolute atomic E-state index is 5.70. The molecular formula is C14H34O5Si2. The Balaban J connectivity index is 3.45. The quantitative estimate of drug-likeness (QED) is 0.358. The third kappa shape index (κ3) is 9.77. The van der Waals surface area contributed by atoms with Crippen LogP contribution in [0.15, 0.2) is 0 Å². The molecule has 0 unspecified atom stereocenters. The molecule has 21 heavy (non-hydrogen) atoms. The first kappa shape index (κ1) is 21.2. The highest BCUT2D eigenvalue weighted by molar-refractivity contribution is 6.65. The molecule has 0 rings (SSSR count). The van der Waals surface area contributed by atoms with Crippen LogP contribution in [0.4, 0.5) is 0 Å². The van der Waals surface area contributed by atoms with Gasteiger partial charge in [0, 0.05) is 41.6 Å². The van der Waals surface area contributed by atoms with Crippen LogP contribution in [0, 0.1) is 0 Å². The molecule has 0 radical (unpaired) electrons. The third-order valence-corrected chi connectivity index (χ3v) is 9.20. The van der Waals surface area contributed by atoms with E-state index in [0.717, 1.165) is 19.1 Å². The van der Waals surface area contributed by atoms with Gasteiger partial charge in [-0.05, 0) is 19.0 Å². The summed E-state index contributed by atoms with van der Waals surface area (Å²) in [5.74, 6) is 0. The van der Waals surface area contributed by atoms with Gasteiger partial charge in [-0.1, -0.05) is 32.1 Å². The Kier molecular flexibility index (Phi) is 11.9. The molecule has 0 spiro atoms. The van der Waals surface area contributed by atoms with Gasteiger partial charge in [0.1, 0.15) is 0 Å². The fourth-order valence-corrected chi connectivity index (χ4v) is 4.39. The van der Waals surface area contributed by atoms with Crippen LogP contribution in [0.2, 0.25) is 19.1 Å². The summed E-state index contributed by atoms with van der Waals surface area (Å²) in [5.41, 5.74) is 0.